The summed E-state index contributed by atoms with van der Waals surface area (Å²) in [6, 6.07) is 5.00. The van der Waals surface area contributed by atoms with E-state index in [1.54, 1.807) is 12.3 Å². The number of primary amides is 1. The molecular formula is C12H16N6O. The summed E-state index contributed by atoms with van der Waals surface area (Å²) < 4.78 is 1.85. The van der Waals surface area contributed by atoms with Gasteiger partial charge in [0.25, 0.3) is 5.91 Å². The van der Waals surface area contributed by atoms with Crippen molar-refractivity contribution >= 4 is 17.4 Å². The number of rotatable bonds is 6. The zero-order valence-corrected chi connectivity index (χ0v) is 10.4. The molecule has 0 radical (unpaired) electrons. The molecule has 0 atom stereocenters. The third-order valence-electron chi connectivity index (χ3n) is 2.59. The van der Waals surface area contributed by atoms with Gasteiger partial charge in [0.1, 0.15) is 11.5 Å². The lowest BCUT2D eigenvalue weighted by Crippen LogP contribution is -2.16. The molecule has 5 N–H and O–H groups in total. The zero-order valence-electron chi connectivity index (χ0n) is 10.4. The van der Waals surface area contributed by atoms with Crippen LogP contribution in [0, 0.1) is 0 Å². The summed E-state index contributed by atoms with van der Waals surface area (Å²) in [4.78, 5) is 15.1. The quantitative estimate of drug-likeness (QED) is 0.653. The first kappa shape index (κ1) is 12.9. The van der Waals surface area contributed by atoms with Crippen LogP contribution in [0.1, 0.15) is 16.9 Å². The van der Waals surface area contributed by atoms with Crippen LogP contribution in [-0.2, 0) is 6.54 Å². The molecule has 1 amide bonds. The third kappa shape index (κ3) is 3.44. The van der Waals surface area contributed by atoms with Crippen LogP contribution >= 0.6 is 0 Å². The molecule has 19 heavy (non-hydrogen) atoms. The smallest absolute Gasteiger partial charge is 0.267 e. The molecule has 0 aliphatic heterocycles. The Morgan fingerprint density at radius 3 is 2.95 bits per heavy atom. The molecule has 7 nitrogen and oxygen atoms in total. The first-order valence-electron chi connectivity index (χ1n) is 5.94. The number of hydrogen-bond acceptors (Lipinski definition) is 5. The van der Waals surface area contributed by atoms with Gasteiger partial charge in [-0.05, 0) is 24.6 Å². The van der Waals surface area contributed by atoms with E-state index in [1.807, 2.05) is 16.9 Å². The first-order chi connectivity index (χ1) is 9.16. The summed E-state index contributed by atoms with van der Waals surface area (Å²) in [5, 5.41) is 7.19. The number of aromatic nitrogens is 3. The Morgan fingerprint density at radius 1 is 1.42 bits per heavy atom. The van der Waals surface area contributed by atoms with Gasteiger partial charge in [-0.15, -0.1) is 0 Å². The van der Waals surface area contributed by atoms with Crippen molar-refractivity contribution < 1.29 is 4.79 Å². The van der Waals surface area contributed by atoms with Crippen LogP contribution in [0.3, 0.4) is 0 Å². The van der Waals surface area contributed by atoms with Gasteiger partial charge in [-0.2, -0.15) is 5.10 Å². The second-order valence-electron chi connectivity index (χ2n) is 4.05. The van der Waals surface area contributed by atoms with E-state index in [0.29, 0.717) is 18.1 Å². The summed E-state index contributed by atoms with van der Waals surface area (Å²) in [5.41, 5.74) is 11.6. The van der Waals surface area contributed by atoms with Crippen molar-refractivity contribution in [1.82, 2.24) is 14.8 Å². The predicted octanol–water partition coefficient (Wildman–Crippen LogP) is 0.461. The molecule has 0 aliphatic rings. The maximum atomic E-state index is 11.0. The molecule has 0 saturated heterocycles. The van der Waals surface area contributed by atoms with Crippen LogP contribution in [-0.4, -0.2) is 27.2 Å². The Hall–Kier alpha value is -2.57. The zero-order chi connectivity index (χ0) is 13.7. The van der Waals surface area contributed by atoms with Crippen LogP contribution in [0.5, 0.6) is 0 Å². The minimum Gasteiger partial charge on any atom is -0.396 e. The van der Waals surface area contributed by atoms with Gasteiger partial charge in [0.05, 0.1) is 5.69 Å². The van der Waals surface area contributed by atoms with Crippen molar-refractivity contribution in [1.29, 1.82) is 0 Å². The largest absolute Gasteiger partial charge is 0.396 e. The van der Waals surface area contributed by atoms with Crippen LogP contribution < -0.4 is 16.8 Å². The lowest BCUT2D eigenvalue weighted by atomic mass is 10.3. The number of carbonyl (C=O) groups is 1. The lowest BCUT2D eigenvalue weighted by Gasteiger charge is -2.09. The van der Waals surface area contributed by atoms with Gasteiger partial charge in [0.2, 0.25) is 0 Å². The molecule has 2 aromatic heterocycles. The van der Waals surface area contributed by atoms with E-state index in [9.17, 15) is 4.79 Å². The Balaban J connectivity index is 1.88. The fourth-order valence-electron chi connectivity index (χ4n) is 1.63. The number of aryl methyl sites for hydroxylation is 1. The average Bonchev–Trinajstić information content (AvgIpc) is 2.89. The third-order valence-corrected chi connectivity index (χ3v) is 2.59. The monoisotopic (exact) mass is 260 g/mol. The lowest BCUT2D eigenvalue weighted by molar-refractivity contribution is 0.0996. The number of nitrogens with one attached hydrogen (secondary N) is 1. The number of carbonyl (C=O) groups excluding carboxylic acids is 1. The van der Waals surface area contributed by atoms with Crippen LogP contribution in [0.2, 0.25) is 0 Å². The molecule has 2 heterocycles. The van der Waals surface area contributed by atoms with Gasteiger partial charge in [-0.3, -0.25) is 9.48 Å². The van der Waals surface area contributed by atoms with Gasteiger partial charge in [-0.1, -0.05) is 0 Å². The second-order valence-corrected chi connectivity index (χ2v) is 4.05. The summed E-state index contributed by atoms with van der Waals surface area (Å²) in [6.07, 6.45) is 4.51. The molecule has 0 aliphatic carbocycles. The van der Waals surface area contributed by atoms with Crippen molar-refractivity contribution in [2.75, 3.05) is 17.6 Å². The molecule has 2 aromatic rings. The maximum absolute atomic E-state index is 11.0. The summed E-state index contributed by atoms with van der Waals surface area (Å²) in [5.74, 6) is -0.0867. The normalized spacial score (nSPS) is 10.3. The Labute approximate surface area is 110 Å². The number of hydrogen-bond donors (Lipinski definition) is 3. The van der Waals surface area contributed by atoms with E-state index in [4.69, 9.17) is 11.5 Å². The minimum absolute atomic E-state index is 0.198. The van der Waals surface area contributed by atoms with E-state index in [-0.39, 0.29) is 5.69 Å². The highest BCUT2D eigenvalue weighted by atomic mass is 16.1. The molecule has 0 fully saturated rings. The molecule has 100 valence electrons. The van der Waals surface area contributed by atoms with Gasteiger partial charge < -0.3 is 16.8 Å². The highest BCUT2D eigenvalue weighted by molar-refractivity contribution is 5.91. The fraction of sp³-hybridized carbons (Fsp3) is 0.250. The van der Waals surface area contributed by atoms with Gasteiger partial charge in [-0.25, -0.2) is 4.98 Å². The molecule has 0 unspecified atom stereocenters. The molecule has 7 heteroatoms. The van der Waals surface area contributed by atoms with E-state index < -0.39 is 5.91 Å². The molecule has 2 rings (SSSR count). The number of nitrogen functional groups attached to an aromatic ring is 1. The molecule has 0 bridgehead atoms. The Bertz CT molecular complexity index is 551. The van der Waals surface area contributed by atoms with Gasteiger partial charge in [0.15, 0.2) is 0 Å². The van der Waals surface area contributed by atoms with Crippen molar-refractivity contribution in [2.24, 2.45) is 5.73 Å². The van der Waals surface area contributed by atoms with Crippen molar-refractivity contribution in [2.45, 2.75) is 13.0 Å². The number of nitrogens with two attached hydrogens (primary N) is 2. The number of nitrogens with zero attached hydrogens (tertiary/aromatic N) is 3. The standard InChI is InChI=1S/C12H16N6O/c13-9-3-4-10(11(14)19)17-12(9)15-5-1-7-18-8-2-6-16-18/h2-4,6,8H,1,5,7,13H2,(H2,14,19)(H,15,17). The number of amides is 1. The molecule has 0 aromatic carbocycles. The van der Waals surface area contributed by atoms with E-state index in [0.717, 1.165) is 13.0 Å². The minimum atomic E-state index is -0.570. The van der Waals surface area contributed by atoms with Crippen molar-refractivity contribution in [3.05, 3.63) is 36.3 Å². The van der Waals surface area contributed by atoms with Crippen LogP contribution in [0.4, 0.5) is 11.5 Å². The molecule has 0 saturated carbocycles. The highest BCUT2D eigenvalue weighted by Gasteiger charge is 2.06. The Kier molecular flexibility index (Phi) is 3.97. The van der Waals surface area contributed by atoms with Gasteiger partial charge >= 0.3 is 0 Å². The van der Waals surface area contributed by atoms with Crippen LogP contribution in [0.25, 0.3) is 0 Å². The van der Waals surface area contributed by atoms with E-state index in [2.05, 4.69) is 15.4 Å². The molecule has 0 spiro atoms. The summed E-state index contributed by atoms with van der Waals surface area (Å²) in [7, 11) is 0. The first-order valence-corrected chi connectivity index (χ1v) is 5.94. The van der Waals surface area contributed by atoms with Gasteiger partial charge in [0, 0.05) is 25.5 Å². The number of pyridine rings is 1. The maximum Gasteiger partial charge on any atom is 0.267 e. The SMILES string of the molecule is NC(=O)c1ccc(N)c(NCCCn2cccn2)n1. The Morgan fingerprint density at radius 2 is 2.26 bits per heavy atom. The van der Waals surface area contributed by atoms with Crippen molar-refractivity contribution in [3.8, 4) is 0 Å². The average molecular weight is 260 g/mol. The summed E-state index contributed by atoms with van der Waals surface area (Å²) >= 11 is 0. The van der Waals surface area contributed by atoms with E-state index >= 15 is 0 Å². The highest BCUT2D eigenvalue weighted by Crippen LogP contribution is 2.15. The fourth-order valence-corrected chi connectivity index (χ4v) is 1.63. The van der Waals surface area contributed by atoms with Crippen molar-refractivity contribution in [3.63, 3.8) is 0 Å². The van der Waals surface area contributed by atoms with E-state index in [1.165, 1.54) is 6.07 Å². The topological polar surface area (TPSA) is 112 Å². The van der Waals surface area contributed by atoms with Crippen LogP contribution in [0.15, 0.2) is 30.6 Å². The predicted molar refractivity (Wildman–Crippen MR) is 72.5 cm³/mol. The molecular weight excluding hydrogens is 244 g/mol. The number of anilines is 2. The summed E-state index contributed by atoms with van der Waals surface area (Å²) in [6.45, 7) is 1.48. The second kappa shape index (κ2) is 5.85.